The number of nitrogens with one attached hydrogen (secondary N) is 2. The zero-order chi connectivity index (χ0) is 33.4. The third-order valence-electron chi connectivity index (χ3n) is 11.8. The summed E-state index contributed by atoms with van der Waals surface area (Å²) in [5.74, 6) is 1.04. The number of anilines is 2. The molecule has 0 unspecified atom stereocenters. The number of nitrogens with zero attached hydrogens (tertiary/aromatic N) is 4. The molecule has 10 heteroatoms. The number of carbonyl (C=O) groups is 1. The lowest BCUT2D eigenvalue weighted by atomic mass is 9.78. The maximum Gasteiger partial charge on any atom is 0.306 e. The fourth-order valence-electron chi connectivity index (χ4n) is 9.29. The number of thiazole rings is 1. The summed E-state index contributed by atoms with van der Waals surface area (Å²) < 4.78 is 14.3. The number of benzene rings is 1. The molecule has 1 saturated carbocycles. The van der Waals surface area contributed by atoms with E-state index >= 15 is 0 Å². The number of piperidine rings is 1. The van der Waals surface area contributed by atoms with Gasteiger partial charge < -0.3 is 15.7 Å². The van der Waals surface area contributed by atoms with Gasteiger partial charge in [0, 0.05) is 30.2 Å². The van der Waals surface area contributed by atoms with Crippen LogP contribution in [0.3, 0.4) is 0 Å². The van der Waals surface area contributed by atoms with Crippen molar-refractivity contribution < 1.29 is 14.3 Å². The van der Waals surface area contributed by atoms with E-state index in [1.807, 2.05) is 12.1 Å². The minimum absolute atomic E-state index is 0.0482. The molecule has 2 saturated heterocycles. The Labute approximate surface area is 288 Å². The van der Waals surface area contributed by atoms with Crippen molar-refractivity contribution in [2.75, 3.05) is 17.2 Å². The van der Waals surface area contributed by atoms with Gasteiger partial charge in [-0.05, 0) is 120 Å². The van der Waals surface area contributed by atoms with Crippen molar-refractivity contribution in [3.8, 4) is 0 Å². The van der Waals surface area contributed by atoms with Crippen LogP contribution in [0.1, 0.15) is 122 Å². The molecule has 8 nitrogen and oxygen atoms in total. The summed E-state index contributed by atoms with van der Waals surface area (Å²) in [7, 11) is 0. The third kappa shape index (κ3) is 7.11. The molecule has 2 aliphatic heterocycles. The molecule has 4 heterocycles. The van der Waals surface area contributed by atoms with Gasteiger partial charge in [-0.15, -0.1) is 11.3 Å². The van der Waals surface area contributed by atoms with Gasteiger partial charge in [0.2, 0.25) is 5.95 Å². The number of rotatable bonds is 11. The van der Waals surface area contributed by atoms with Gasteiger partial charge in [-0.3, -0.25) is 9.69 Å². The van der Waals surface area contributed by atoms with Crippen LogP contribution in [0.25, 0.3) is 0 Å². The zero-order valence-corrected chi connectivity index (χ0v) is 29.5. The summed E-state index contributed by atoms with van der Waals surface area (Å²) in [4.78, 5) is 30.9. The number of aryl methyl sites for hydroxylation is 3. The smallest absolute Gasteiger partial charge is 0.306 e. The molecule has 3 aromatic rings. The Hall–Kier alpha value is -3.11. The fraction of sp³-hybridized carbons (Fsp3) is 0.632. The molecule has 2 aromatic heterocycles. The van der Waals surface area contributed by atoms with Crippen LogP contribution in [0.2, 0.25) is 0 Å². The zero-order valence-electron chi connectivity index (χ0n) is 28.7. The van der Waals surface area contributed by atoms with Crippen molar-refractivity contribution in [2.24, 2.45) is 11.8 Å². The first-order chi connectivity index (χ1) is 23.2. The van der Waals surface area contributed by atoms with Crippen molar-refractivity contribution in [1.29, 1.82) is 0 Å². The minimum Gasteiger partial charge on any atom is -0.481 e. The van der Waals surface area contributed by atoms with Crippen molar-refractivity contribution in [3.05, 3.63) is 62.5 Å². The highest BCUT2D eigenvalue weighted by molar-refractivity contribution is 7.11. The van der Waals surface area contributed by atoms with E-state index in [-0.39, 0.29) is 29.7 Å². The molecule has 3 fully saturated rings. The summed E-state index contributed by atoms with van der Waals surface area (Å²) in [5.41, 5.74) is 4.33. The summed E-state index contributed by atoms with van der Waals surface area (Å²) in [6.07, 6.45) is 13.1. The molecule has 7 rings (SSSR count). The molecule has 48 heavy (non-hydrogen) atoms. The first-order valence-corrected chi connectivity index (χ1v) is 19.2. The largest absolute Gasteiger partial charge is 0.481 e. The molecule has 258 valence electrons. The van der Waals surface area contributed by atoms with Gasteiger partial charge in [-0.25, -0.2) is 14.4 Å². The van der Waals surface area contributed by atoms with Crippen LogP contribution in [0, 0.1) is 31.5 Å². The average Bonchev–Trinajstić information content (AvgIpc) is 3.52. The Morgan fingerprint density at radius 3 is 2.46 bits per heavy atom. The van der Waals surface area contributed by atoms with E-state index in [9.17, 15) is 14.3 Å². The van der Waals surface area contributed by atoms with Crippen molar-refractivity contribution >= 4 is 29.1 Å². The van der Waals surface area contributed by atoms with Crippen LogP contribution in [0.5, 0.6) is 0 Å². The summed E-state index contributed by atoms with van der Waals surface area (Å²) >= 11 is 1.79. The van der Waals surface area contributed by atoms with E-state index in [1.165, 1.54) is 43.0 Å². The summed E-state index contributed by atoms with van der Waals surface area (Å²) in [5, 5.41) is 18.4. The van der Waals surface area contributed by atoms with Crippen LogP contribution in [-0.2, 0) is 17.6 Å². The second kappa shape index (κ2) is 14.4. The second-order valence-corrected chi connectivity index (χ2v) is 16.1. The minimum atomic E-state index is -0.668. The highest BCUT2D eigenvalue weighted by atomic mass is 32.1. The van der Waals surface area contributed by atoms with Crippen LogP contribution < -0.4 is 10.6 Å². The van der Waals surface area contributed by atoms with Gasteiger partial charge >= 0.3 is 5.97 Å². The number of halogens is 1. The molecular formula is C38H51FN6O2S. The maximum atomic E-state index is 14.3. The standard InChI is InChI=1S/C38H51FN6O2S/c1-4-32(24-11-13-25(14-12-24)37(46)47)42-38-43-33-18-15-27(26-7-5-8-28(39)19-26)20-31(33)36(44-38)41-34(35-22(2)40-23(3)48-35)21-45-29-9-6-10-30(45)17-16-29/h5,7-8,19,24-25,27,29-30,32,34H,4,6,9-18,20-21H2,1-3H3,(H,46,47)(H2,41,42,43,44)/t24?,25?,27-,29+,30+,32-,34+/m1/s1. The van der Waals surface area contributed by atoms with Crippen LogP contribution in [0.4, 0.5) is 16.2 Å². The SMILES string of the molecule is CC[C@@H](Nc1nc2c(c(N[C@@H](CN3[C@H]4CCC[C@H]3CC4)c3sc(C)nc3C)n1)C[C@H](c1cccc(F)c1)CC2)C1CCC(C(=O)O)CC1. The van der Waals surface area contributed by atoms with E-state index in [2.05, 4.69) is 36.3 Å². The van der Waals surface area contributed by atoms with Crippen molar-refractivity contribution in [2.45, 2.75) is 134 Å². The van der Waals surface area contributed by atoms with E-state index < -0.39 is 5.97 Å². The van der Waals surface area contributed by atoms with Crippen LogP contribution in [0.15, 0.2) is 24.3 Å². The van der Waals surface area contributed by atoms with Crippen LogP contribution >= 0.6 is 11.3 Å². The van der Waals surface area contributed by atoms with E-state index in [1.54, 1.807) is 17.4 Å². The van der Waals surface area contributed by atoms with Gasteiger partial charge in [0.05, 0.1) is 33.2 Å². The van der Waals surface area contributed by atoms with E-state index in [0.717, 1.165) is 91.3 Å². The lowest BCUT2D eigenvalue weighted by Crippen LogP contribution is -2.43. The predicted octanol–water partition coefficient (Wildman–Crippen LogP) is 8.21. The number of carboxylic acids is 1. The monoisotopic (exact) mass is 674 g/mol. The quantitative estimate of drug-likeness (QED) is 0.187. The Kier molecular flexibility index (Phi) is 10.0. The van der Waals surface area contributed by atoms with Gasteiger partial charge in [-0.2, -0.15) is 4.98 Å². The third-order valence-corrected chi connectivity index (χ3v) is 13.0. The molecule has 2 bridgehead atoms. The van der Waals surface area contributed by atoms with Crippen molar-refractivity contribution in [1.82, 2.24) is 19.9 Å². The predicted molar refractivity (Wildman–Crippen MR) is 189 cm³/mol. The Morgan fingerprint density at radius 2 is 1.79 bits per heavy atom. The molecule has 5 atom stereocenters. The number of hydrogen-bond donors (Lipinski definition) is 3. The topological polar surface area (TPSA) is 103 Å². The molecule has 1 aromatic carbocycles. The Morgan fingerprint density at radius 1 is 1.02 bits per heavy atom. The first kappa shape index (κ1) is 33.4. The second-order valence-electron chi connectivity index (χ2n) is 14.8. The number of aliphatic carboxylic acids is 1. The van der Waals surface area contributed by atoms with Gasteiger partial charge in [0.15, 0.2) is 0 Å². The lowest BCUT2D eigenvalue weighted by molar-refractivity contribution is -0.143. The lowest BCUT2D eigenvalue weighted by Gasteiger charge is -2.38. The van der Waals surface area contributed by atoms with Crippen molar-refractivity contribution in [3.63, 3.8) is 0 Å². The molecule has 0 spiro atoms. The van der Waals surface area contributed by atoms with Gasteiger partial charge in [0.25, 0.3) is 0 Å². The number of hydrogen-bond acceptors (Lipinski definition) is 8. The first-order valence-electron chi connectivity index (χ1n) is 18.4. The fourth-order valence-corrected chi connectivity index (χ4v) is 10.3. The molecule has 2 aliphatic carbocycles. The number of carboxylic acid groups (broad SMARTS) is 1. The van der Waals surface area contributed by atoms with E-state index in [4.69, 9.17) is 15.0 Å². The summed E-state index contributed by atoms with van der Waals surface area (Å²) in [6.45, 7) is 7.35. The number of fused-ring (bicyclic) bond motifs is 3. The van der Waals surface area contributed by atoms with Crippen LogP contribution in [-0.4, -0.2) is 55.6 Å². The van der Waals surface area contributed by atoms with Gasteiger partial charge in [0.1, 0.15) is 11.6 Å². The Bertz CT molecular complexity index is 1590. The summed E-state index contributed by atoms with van der Waals surface area (Å²) in [6, 6.07) is 8.59. The molecule has 3 N–H and O–H groups in total. The Balaban J connectivity index is 1.22. The molecule has 0 radical (unpaired) electrons. The van der Waals surface area contributed by atoms with Gasteiger partial charge in [-0.1, -0.05) is 25.5 Å². The van der Waals surface area contributed by atoms with E-state index in [0.29, 0.717) is 23.9 Å². The maximum absolute atomic E-state index is 14.3. The molecular weight excluding hydrogens is 624 g/mol. The molecule has 0 amide bonds. The molecule has 4 aliphatic rings. The normalized spacial score (nSPS) is 26.9. The number of aromatic nitrogens is 3. The highest BCUT2D eigenvalue weighted by Gasteiger charge is 2.39. The highest BCUT2D eigenvalue weighted by Crippen LogP contribution is 2.41. The average molecular weight is 675 g/mol.